The highest BCUT2D eigenvalue weighted by Crippen LogP contribution is 2.42. The van der Waals surface area contributed by atoms with Crippen LogP contribution < -0.4 is 5.73 Å². The lowest BCUT2D eigenvalue weighted by Crippen LogP contribution is -2.48. The molecule has 3 N–H and O–H groups in total. The Morgan fingerprint density at radius 1 is 1.36 bits per heavy atom. The lowest BCUT2D eigenvalue weighted by Gasteiger charge is -2.47. The highest BCUT2D eigenvalue weighted by Gasteiger charge is 2.41. The number of piperidine rings is 1. The Morgan fingerprint density at radius 3 is 2.86 bits per heavy atom. The molecule has 1 fully saturated rings. The zero-order valence-corrected chi connectivity index (χ0v) is 16.3. The molecule has 146 valence electrons. The predicted octanol–water partition coefficient (Wildman–Crippen LogP) is 3.49. The number of nitrogens with two attached hydrogens (primary N) is 1. The van der Waals surface area contributed by atoms with Crippen LogP contribution in [0.1, 0.15) is 53.6 Å². The number of aromatic nitrogens is 2. The van der Waals surface area contributed by atoms with Gasteiger partial charge in [-0.1, -0.05) is 31.1 Å². The van der Waals surface area contributed by atoms with Crippen LogP contribution in [0.2, 0.25) is 0 Å². The van der Waals surface area contributed by atoms with Crippen molar-refractivity contribution in [2.45, 2.75) is 31.7 Å². The van der Waals surface area contributed by atoms with Gasteiger partial charge in [0.25, 0.3) is 0 Å². The third kappa shape index (κ3) is 3.24. The van der Waals surface area contributed by atoms with Gasteiger partial charge in [-0.05, 0) is 47.6 Å². The fourth-order valence-electron chi connectivity index (χ4n) is 4.38. The molecule has 6 heteroatoms. The standard InChI is InChI=1S/C22H26N4O2/c1-15-14-26(20(18-7-4-10-24-18)19-8-12-28-25-19)11-9-22(15,2)17-6-3-5-16(13-17)21(23)27/h3-8,10,12-13,15,20,24H,9,11,14H2,1-2H3,(H2,23,27)/t15-,20?,22+/m0/s1. The summed E-state index contributed by atoms with van der Waals surface area (Å²) in [6.07, 6.45) is 4.54. The molecule has 6 nitrogen and oxygen atoms in total. The average Bonchev–Trinajstić information content (AvgIpc) is 3.40. The van der Waals surface area contributed by atoms with Crippen molar-refractivity contribution >= 4 is 5.91 Å². The van der Waals surface area contributed by atoms with Gasteiger partial charge in [0.15, 0.2) is 0 Å². The largest absolute Gasteiger partial charge is 0.366 e. The van der Waals surface area contributed by atoms with Crippen LogP contribution in [-0.4, -0.2) is 34.0 Å². The normalized spacial score (nSPS) is 24.1. The molecule has 3 heterocycles. The van der Waals surface area contributed by atoms with Gasteiger partial charge in [-0.15, -0.1) is 0 Å². The molecule has 3 aromatic rings. The van der Waals surface area contributed by atoms with Gasteiger partial charge in [0.05, 0.1) is 6.04 Å². The number of amides is 1. The Balaban J connectivity index is 1.61. The number of aromatic amines is 1. The Morgan fingerprint density at radius 2 is 2.21 bits per heavy atom. The van der Waals surface area contributed by atoms with E-state index >= 15 is 0 Å². The van der Waals surface area contributed by atoms with Crippen LogP contribution in [0.25, 0.3) is 0 Å². The number of carbonyl (C=O) groups is 1. The van der Waals surface area contributed by atoms with Gasteiger partial charge in [0.1, 0.15) is 12.0 Å². The highest BCUT2D eigenvalue weighted by atomic mass is 16.5. The minimum Gasteiger partial charge on any atom is -0.366 e. The van der Waals surface area contributed by atoms with E-state index in [1.165, 1.54) is 5.56 Å². The molecular weight excluding hydrogens is 352 g/mol. The van der Waals surface area contributed by atoms with Crippen LogP contribution in [0, 0.1) is 5.92 Å². The molecule has 1 unspecified atom stereocenters. The van der Waals surface area contributed by atoms with Gasteiger partial charge in [-0.3, -0.25) is 9.69 Å². The molecule has 1 aliphatic rings. The van der Waals surface area contributed by atoms with Crippen LogP contribution in [0.3, 0.4) is 0 Å². The lowest BCUT2D eigenvalue weighted by molar-refractivity contribution is 0.0838. The molecule has 28 heavy (non-hydrogen) atoms. The van der Waals surface area contributed by atoms with Crippen molar-refractivity contribution in [3.63, 3.8) is 0 Å². The topological polar surface area (TPSA) is 88.2 Å². The Kier molecular flexibility index (Phi) is 4.81. The van der Waals surface area contributed by atoms with Crippen LogP contribution in [0.5, 0.6) is 0 Å². The third-order valence-electron chi connectivity index (χ3n) is 6.34. The zero-order valence-electron chi connectivity index (χ0n) is 16.3. The summed E-state index contributed by atoms with van der Waals surface area (Å²) < 4.78 is 5.12. The average molecular weight is 378 g/mol. The van der Waals surface area contributed by atoms with Crippen molar-refractivity contribution in [3.8, 4) is 0 Å². The number of hydrogen-bond donors (Lipinski definition) is 2. The first-order valence-electron chi connectivity index (χ1n) is 9.67. The SMILES string of the molecule is C[C@H]1CN(C(c2ccon2)c2ccc[nH]2)CC[C@@]1(C)c1cccc(C(N)=O)c1. The van der Waals surface area contributed by atoms with Crippen molar-refractivity contribution in [1.29, 1.82) is 0 Å². The summed E-state index contributed by atoms with van der Waals surface area (Å²) in [5, 5.41) is 4.21. The third-order valence-corrected chi connectivity index (χ3v) is 6.34. The Bertz CT molecular complexity index is 901. The number of rotatable bonds is 5. The fraction of sp³-hybridized carbons (Fsp3) is 0.364. The van der Waals surface area contributed by atoms with E-state index in [0.717, 1.165) is 30.9 Å². The van der Waals surface area contributed by atoms with E-state index in [1.54, 1.807) is 12.3 Å². The zero-order chi connectivity index (χ0) is 19.7. The molecule has 0 aliphatic carbocycles. The fourth-order valence-corrected chi connectivity index (χ4v) is 4.38. The molecular formula is C22H26N4O2. The van der Waals surface area contributed by atoms with Gasteiger partial charge in [-0.25, -0.2) is 0 Å². The lowest BCUT2D eigenvalue weighted by atomic mass is 9.67. The van der Waals surface area contributed by atoms with Crippen molar-refractivity contribution < 1.29 is 9.32 Å². The first-order valence-corrected chi connectivity index (χ1v) is 9.67. The monoisotopic (exact) mass is 378 g/mol. The van der Waals surface area contributed by atoms with Crippen molar-refractivity contribution in [2.24, 2.45) is 11.7 Å². The second-order valence-electron chi connectivity index (χ2n) is 7.96. The summed E-state index contributed by atoms with van der Waals surface area (Å²) in [6.45, 7) is 6.39. The molecule has 3 atom stereocenters. The second kappa shape index (κ2) is 7.28. The smallest absolute Gasteiger partial charge is 0.248 e. The summed E-state index contributed by atoms with van der Waals surface area (Å²) >= 11 is 0. The van der Waals surface area contributed by atoms with Gasteiger partial charge >= 0.3 is 0 Å². The van der Waals surface area contributed by atoms with Gasteiger partial charge < -0.3 is 15.2 Å². The number of nitrogens with zero attached hydrogens (tertiary/aromatic N) is 2. The number of benzene rings is 1. The predicted molar refractivity (Wildman–Crippen MR) is 107 cm³/mol. The molecule has 0 radical (unpaired) electrons. The van der Waals surface area contributed by atoms with Gasteiger partial charge in [0, 0.05) is 36.6 Å². The molecule has 0 bridgehead atoms. The highest BCUT2D eigenvalue weighted by molar-refractivity contribution is 5.92. The van der Waals surface area contributed by atoms with E-state index < -0.39 is 0 Å². The number of H-pyrrole nitrogens is 1. The number of carbonyl (C=O) groups excluding carboxylic acids is 1. The van der Waals surface area contributed by atoms with Crippen LogP contribution in [0.15, 0.2) is 59.4 Å². The van der Waals surface area contributed by atoms with Gasteiger partial charge in [-0.2, -0.15) is 0 Å². The number of likely N-dealkylation sites (tertiary alicyclic amines) is 1. The van der Waals surface area contributed by atoms with Crippen LogP contribution in [0.4, 0.5) is 0 Å². The summed E-state index contributed by atoms with van der Waals surface area (Å²) in [7, 11) is 0. The van der Waals surface area contributed by atoms with Crippen molar-refractivity contribution in [2.75, 3.05) is 13.1 Å². The summed E-state index contributed by atoms with van der Waals surface area (Å²) in [6, 6.07) is 13.8. The van der Waals surface area contributed by atoms with E-state index in [4.69, 9.17) is 10.3 Å². The molecule has 4 rings (SSSR count). The Labute approximate surface area is 164 Å². The second-order valence-corrected chi connectivity index (χ2v) is 7.96. The van der Waals surface area contributed by atoms with E-state index in [2.05, 4.69) is 41.0 Å². The number of primary amides is 1. The van der Waals surface area contributed by atoms with Crippen LogP contribution >= 0.6 is 0 Å². The Hall–Kier alpha value is -2.86. The maximum atomic E-state index is 11.6. The maximum Gasteiger partial charge on any atom is 0.248 e. The molecule has 1 aliphatic heterocycles. The first kappa shape index (κ1) is 18.5. The van der Waals surface area contributed by atoms with E-state index in [0.29, 0.717) is 11.5 Å². The molecule has 1 aromatic carbocycles. The minimum atomic E-state index is -0.381. The summed E-state index contributed by atoms with van der Waals surface area (Å²) in [5.74, 6) is 0.00196. The van der Waals surface area contributed by atoms with E-state index in [-0.39, 0.29) is 17.4 Å². The first-order chi connectivity index (χ1) is 13.5. The van der Waals surface area contributed by atoms with Crippen molar-refractivity contribution in [3.05, 3.63) is 77.4 Å². The maximum absolute atomic E-state index is 11.6. The number of hydrogen-bond acceptors (Lipinski definition) is 4. The quantitative estimate of drug-likeness (QED) is 0.711. The van der Waals surface area contributed by atoms with Crippen molar-refractivity contribution in [1.82, 2.24) is 15.0 Å². The van der Waals surface area contributed by atoms with E-state index in [1.807, 2.05) is 30.5 Å². The molecule has 1 saturated heterocycles. The summed E-state index contributed by atoms with van der Waals surface area (Å²) in [5.41, 5.74) is 9.24. The minimum absolute atomic E-state index is 0.0218. The molecule has 1 amide bonds. The van der Waals surface area contributed by atoms with E-state index in [9.17, 15) is 4.79 Å². The number of nitrogens with one attached hydrogen (secondary N) is 1. The molecule has 0 spiro atoms. The summed E-state index contributed by atoms with van der Waals surface area (Å²) in [4.78, 5) is 17.4. The van der Waals surface area contributed by atoms with Crippen LogP contribution in [-0.2, 0) is 5.41 Å². The van der Waals surface area contributed by atoms with Gasteiger partial charge in [0.2, 0.25) is 5.91 Å². The molecule has 0 saturated carbocycles. The molecule has 2 aromatic heterocycles.